The topological polar surface area (TPSA) is 3.24 Å². The fraction of sp³-hybridized carbons (Fsp3) is 0.500. The Morgan fingerprint density at radius 1 is 1.29 bits per heavy atom. The van der Waals surface area contributed by atoms with Crippen LogP contribution in [0.5, 0.6) is 0 Å². The molecule has 0 N–H and O–H groups in total. The van der Waals surface area contributed by atoms with Crippen molar-refractivity contribution in [3.63, 3.8) is 0 Å². The van der Waals surface area contributed by atoms with Crippen molar-refractivity contribution >= 4 is 0 Å². The Kier molecular flexibility index (Phi) is 3.02. The molecular weight excluding hydrogens is 206 g/mol. The van der Waals surface area contributed by atoms with Crippen molar-refractivity contribution in [1.82, 2.24) is 4.90 Å². The summed E-state index contributed by atoms with van der Waals surface area (Å²) < 4.78 is 0. The Balaban J connectivity index is 1.80. The highest BCUT2D eigenvalue weighted by atomic mass is 15.1. The van der Waals surface area contributed by atoms with E-state index in [4.69, 9.17) is 0 Å². The van der Waals surface area contributed by atoms with Crippen molar-refractivity contribution in [2.75, 3.05) is 19.6 Å². The molecule has 17 heavy (non-hydrogen) atoms. The lowest BCUT2D eigenvalue weighted by Gasteiger charge is -2.42. The molecule has 1 aromatic rings. The maximum atomic E-state index is 3.85. The van der Waals surface area contributed by atoms with Crippen LogP contribution in [0.3, 0.4) is 0 Å². The summed E-state index contributed by atoms with van der Waals surface area (Å²) in [4.78, 5) is 2.56. The third-order valence-electron chi connectivity index (χ3n) is 4.44. The highest BCUT2D eigenvalue weighted by molar-refractivity contribution is 5.34. The lowest BCUT2D eigenvalue weighted by Crippen LogP contribution is -2.41. The molecular formula is C16H21N. The summed E-state index contributed by atoms with van der Waals surface area (Å²) in [5, 5.41) is 0. The zero-order valence-electron chi connectivity index (χ0n) is 10.4. The molecule has 3 rings (SSSR count). The van der Waals surface area contributed by atoms with Crippen molar-refractivity contribution in [3.8, 4) is 0 Å². The van der Waals surface area contributed by atoms with E-state index in [0.717, 1.165) is 18.4 Å². The molecule has 1 nitrogen and oxygen atoms in total. The fourth-order valence-corrected chi connectivity index (χ4v) is 3.62. The van der Waals surface area contributed by atoms with E-state index in [2.05, 4.69) is 35.7 Å². The number of likely N-dealkylation sites (tertiary alicyclic amines) is 1. The molecule has 1 aliphatic heterocycles. The van der Waals surface area contributed by atoms with Crippen molar-refractivity contribution in [3.05, 3.63) is 48.0 Å². The van der Waals surface area contributed by atoms with Gasteiger partial charge in [-0.05, 0) is 48.8 Å². The quantitative estimate of drug-likeness (QED) is 0.701. The summed E-state index contributed by atoms with van der Waals surface area (Å²) in [5.41, 5.74) is 3.24. The molecule has 1 aliphatic carbocycles. The third kappa shape index (κ3) is 2.04. The molecule has 0 spiro atoms. The van der Waals surface area contributed by atoms with Crippen LogP contribution in [0.2, 0.25) is 0 Å². The highest BCUT2D eigenvalue weighted by Gasteiger charge is 2.33. The first-order valence-corrected chi connectivity index (χ1v) is 6.79. The van der Waals surface area contributed by atoms with Crippen LogP contribution >= 0.6 is 0 Å². The van der Waals surface area contributed by atoms with Crippen LogP contribution in [0.25, 0.3) is 0 Å². The van der Waals surface area contributed by atoms with Crippen molar-refractivity contribution in [2.45, 2.75) is 25.2 Å². The summed E-state index contributed by atoms with van der Waals surface area (Å²) in [6, 6.07) is 9.07. The SMILES string of the molecule is C=CCN1CC[C@H]2c3ccccc3CC[C@@H]2C1. The van der Waals surface area contributed by atoms with E-state index in [1.807, 2.05) is 6.08 Å². The minimum absolute atomic E-state index is 0.820. The van der Waals surface area contributed by atoms with Gasteiger partial charge in [-0.3, -0.25) is 4.90 Å². The molecule has 1 aromatic carbocycles. The minimum atomic E-state index is 0.820. The first-order valence-electron chi connectivity index (χ1n) is 6.79. The Morgan fingerprint density at radius 2 is 2.18 bits per heavy atom. The van der Waals surface area contributed by atoms with Gasteiger partial charge in [-0.15, -0.1) is 6.58 Å². The molecule has 90 valence electrons. The van der Waals surface area contributed by atoms with Crippen LogP contribution in [-0.2, 0) is 6.42 Å². The number of nitrogens with zero attached hydrogens (tertiary/aromatic N) is 1. The molecule has 0 radical (unpaired) electrons. The predicted octanol–water partition coefficient (Wildman–Crippen LogP) is 3.22. The number of rotatable bonds is 2. The smallest absolute Gasteiger partial charge is 0.0160 e. The fourth-order valence-electron chi connectivity index (χ4n) is 3.62. The van der Waals surface area contributed by atoms with Crippen LogP contribution in [0.4, 0.5) is 0 Å². The van der Waals surface area contributed by atoms with Crippen LogP contribution in [0, 0.1) is 5.92 Å². The largest absolute Gasteiger partial charge is 0.299 e. The number of piperidine rings is 1. The van der Waals surface area contributed by atoms with E-state index in [9.17, 15) is 0 Å². The lowest BCUT2D eigenvalue weighted by molar-refractivity contribution is 0.154. The molecule has 0 unspecified atom stereocenters. The number of benzene rings is 1. The van der Waals surface area contributed by atoms with Gasteiger partial charge in [0.2, 0.25) is 0 Å². The van der Waals surface area contributed by atoms with Crippen LogP contribution in [0.15, 0.2) is 36.9 Å². The van der Waals surface area contributed by atoms with Gasteiger partial charge in [0, 0.05) is 13.1 Å². The van der Waals surface area contributed by atoms with Gasteiger partial charge in [-0.2, -0.15) is 0 Å². The Bertz CT molecular complexity index is 410. The predicted molar refractivity (Wildman–Crippen MR) is 72.2 cm³/mol. The molecule has 0 aromatic heterocycles. The van der Waals surface area contributed by atoms with E-state index in [-0.39, 0.29) is 0 Å². The number of hydrogen-bond donors (Lipinski definition) is 0. The van der Waals surface area contributed by atoms with Crippen LogP contribution in [0.1, 0.15) is 29.9 Å². The van der Waals surface area contributed by atoms with Crippen LogP contribution < -0.4 is 0 Å². The summed E-state index contributed by atoms with van der Waals surface area (Å²) in [6.45, 7) is 7.42. The first kappa shape index (κ1) is 11.0. The summed E-state index contributed by atoms with van der Waals surface area (Å²) in [7, 11) is 0. The lowest BCUT2D eigenvalue weighted by atomic mass is 9.71. The molecule has 1 heterocycles. The van der Waals surface area contributed by atoms with Crippen molar-refractivity contribution in [1.29, 1.82) is 0 Å². The molecule has 0 amide bonds. The van der Waals surface area contributed by atoms with Gasteiger partial charge in [-0.25, -0.2) is 0 Å². The zero-order chi connectivity index (χ0) is 11.7. The summed E-state index contributed by atoms with van der Waals surface area (Å²) >= 11 is 0. The van der Waals surface area contributed by atoms with E-state index >= 15 is 0 Å². The van der Waals surface area contributed by atoms with E-state index in [1.165, 1.54) is 32.4 Å². The van der Waals surface area contributed by atoms with E-state index in [0.29, 0.717) is 0 Å². The van der Waals surface area contributed by atoms with Gasteiger partial charge in [0.15, 0.2) is 0 Å². The van der Waals surface area contributed by atoms with Crippen LogP contribution in [-0.4, -0.2) is 24.5 Å². The third-order valence-corrected chi connectivity index (χ3v) is 4.44. The summed E-state index contributed by atoms with van der Waals surface area (Å²) in [5.74, 6) is 1.69. The van der Waals surface area contributed by atoms with Gasteiger partial charge in [0.1, 0.15) is 0 Å². The monoisotopic (exact) mass is 227 g/mol. The molecule has 1 fully saturated rings. The zero-order valence-corrected chi connectivity index (χ0v) is 10.4. The van der Waals surface area contributed by atoms with Gasteiger partial charge in [-0.1, -0.05) is 30.3 Å². The Morgan fingerprint density at radius 3 is 3.06 bits per heavy atom. The average Bonchev–Trinajstić information content (AvgIpc) is 2.39. The molecule has 2 aliphatic rings. The standard InChI is InChI=1S/C16H21N/c1-2-10-17-11-9-16-14(12-17)8-7-13-5-3-4-6-15(13)16/h2-6,14,16H,1,7-12H2/t14-,16-/m1/s1. The van der Waals surface area contributed by atoms with E-state index < -0.39 is 0 Å². The maximum absolute atomic E-state index is 3.85. The van der Waals surface area contributed by atoms with Gasteiger partial charge in [0.05, 0.1) is 0 Å². The average molecular weight is 227 g/mol. The Hall–Kier alpha value is -1.08. The molecule has 0 saturated carbocycles. The summed E-state index contributed by atoms with van der Waals surface area (Å²) in [6.07, 6.45) is 6.02. The van der Waals surface area contributed by atoms with Crippen molar-refractivity contribution in [2.24, 2.45) is 5.92 Å². The number of aryl methyl sites for hydroxylation is 1. The second-order valence-electron chi connectivity index (χ2n) is 5.44. The number of fused-ring (bicyclic) bond motifs is 3. The first-order chi connectivity index (χ1) is 8.38. The van der Waals surface area contributed by atoms with Gasteiger partial charge < -0.3 is 0 Å². The highest BCUT2D eigenvalue weighted by Crippen LogP contribution is 2.41. The Labute approximate surface area is 104 Å². The minimum Gasteiger partial charge on any atom is -0.299 e. The number of hydrogen-bond acceptors (Lipinski definition) is 1. The maximum Gasteiger partial charge on any atom is 0.0160 e. The molecule has 1 saturated heterocycles. The molecule has 1 heteroatoms. The van der Waals surface area contributed by atoms with Gasteiger partial charge in [0.25, 0.3) is 0 Å². The second kappa shape index (κ2) is 4.66. The van der Waals surface area contributed by atoms with Gasteiger partial charge >= 0.3 is 0 Å². The molecule has 0 bridgehead atoms. The molecule has 2 atom stereocenters. The van der Waals surface area contributed by atoms with E-state index in [1.54, 1.807) is 11.1 Å². The van der Waals surface area contributed by atoms with Crippen molar-refractivity contribution < 1.29 is 0 Å². The normalized spacial score (nSPS) is 28.2. The second-order valence-corrected chi connectivity index (χ2v) is 5.44.